The molecule has 0 aliphatic rings. The summed E-state index contributed by atoms with van der Waals surface area (Å²) in [5, 5.41) is 19.2. The fourth-order valence-corrected chi connectivity index (χ4v) is 1.05. The molecule has 0 aliphatic carbocycles. The number of hydrogen-bond donors (Lipinski definition) is 0. The Hall–Kier alpha value is -1.40. The number of nitro groups is 1. The summed E-state index contributed by atoms with van der Waals surface area (Å²) in [5.41, 5.74) is 0. The SMILES string of the molecule is CCC(C)CC(C[N+](=O)[O-])O[N+](=O)[O-]. The topological polar surface area (TPSA) is 95.5 Å². The van der Waals surface area contributed by atoms with Gasteiger partial charge in [-0.05, 0) is 12.3 Å². The minimum atomic E-state index is -0.976. The molecule has 0 spiro atoms. The van der Waals surface area contributed by atoms with Crippen LogP contribution in [0.5, 0.6) is 0 Å². The Labute approximate surface area is 81.3 Å². The fourth-order valence-electron chi connectivity index (χ4n) is 1.05. The van der Waals surface area contributed by atoms with Gasteiger partial charge in [-0.3, -0.25) is 10.1 Å². The summed E-state index contributed by atoms with van der Waals surface area (Å²) in [6.07, 6.45) is 0.211. The quantitative estimate of drug-likeness (QED) is 0.461. The van der Waals surface area contributed by atoms with Crippen LogP contribution in [0.4, 0.5) is 0 Å². The average Bonchev–Trinajstić information content (AvgIpc) is 2.01. The molecule has 82 valence electrons. The molecule has 0 aromatic rings. The summed E-state index contributed by atoms with van der Waals surface area (Å²) in [6, 6.07) is 0. The lowest BCUT2D eigenvalue weighted by atomic mass is 10.0. The highest BCUT2D eigenvalue weighted by Crippen LogP contribution is 2.12. The maximum absolute atomic E-state index is 10.2. The van der Waals surface area contributed by atoms with Crippen molar-refractivity contribution in [3.05, 3.63) is 20.2 Å². The van der Waals surface area contributed by atoms with Crippen LogP contribution in [0.1, 0.15) is 26.7 Å². The van der Waals surface area contributed by atoms with E-state index in [-0.39, 0.29) is 5.92 Å². The Bertz CT molecular complexity index is 192. The number of rotatable bonds is 7. The zero-order valence-corrected chi connectivity index (χ0v) is 8.21. The molecule has 0 fully saturated rings. The minimum Gasteiger partial charge on any atom is -0.304 e. The summed E-state index contributed by atoms with van der Waals surface area (Å²) < 4.78 is 0. The number of nitrogens with zero attached hydrogens (tertiary/aromatic N) is 2. The van der Waals surface area contributed by atoms with Gasteiger partial charge in [0.05, 0.1) is 0 Å². The zero-order chi connectivity index (χ0) is 11.1. The first-order chi connectivity index (χ1) is 6.45. The molecule has 0 aromatic carbocycles. The third-order valence-electron chi connectivity index (χ3n) is 1.95. The first-order valence-corrected chi connectivity index (χ1v) is 4.38. The van der Waals surface area contributed by atoms with E-state index in [1.54, 1.807) is 0 Å². The van der Waals surface area contributed by atoms with Gasteiger partial charge in [-0.2, -0.15) is 0 Å². The minimum absolute atomic E-state index is 0.180. The molecule has 0 saturated heterocycles. The molecule has 2 atom stereocenters. The molecule has 2 unspecified atom stereocenters. The van der Waals surface area contributed by atoms with E-state index >= 15 is 0 Å². The van der Waals surface area contributed by atoms with Gasteiger partial charge in [0.25, 0.3) is 5.09 Å². The Morgan fingerprint density at radius 2 is 1.93 bits per heavy atom. The van der Waals surface area contributed by atoms with Crippen molar-refractivity contribution in [3.63, 3.8) is 0 Å². The molecule has 0 N–H and O–H groups in total. The molecule has 14 heavy (non-hydrogen) atoms. The lowest BCUT2D eigenvalue weighted by Crippen LogP contribution is -2.27. The Kier molecular flexibility index (Phi) is 5.50. The van der Waals surface area contributed by atoms with Gasteiger partial charge in [0.2, 0.25) is 6.54 Å². The predicted molar refractivity (Wildman–Crippen MR) is 47.8 cm³/mol. The van der Waals surface area contributed by atoms with E-state index in [0.29, 0.717) is 6.42 Å². The molecule has 7 nitrogen and oxygen atoms in total. The van der Waals surface area contributed by atoms with Gasteiger partial charge in [-0.15, -0.1) is 10.1 Å². The van der Waals surface area contributed by atoms with E-state index in [0.717, 1.165) is 6.42 Å². The lowest BCUT2D eigenvalue weighted by molar-refractivity contribution is -0.774. The van der Waals surface area contributed by atoms with Crippen molar-refractivity contribution in [3.8, 4) is 0 Å². The summed E-state index contributed by atoms with van der Waals surface area (Å²) in [7, 11) is 0. The van der Waals surface area contributed by atoms with Crippen LogP contribution in [0.15, 0.2) is 0 Å². The molecule has 0 radical (unpaired) electrons. The normalized spacial score (nSPS) is 14.4. The molecule has 0 aliphatic heterocycles. The van der Waals surface area contributed by atoms with Gasteiger partial charge >= 0.3 is 0 Å². The molecule has 0 bridgehead atoms. The van der Waals surface area contributed by atoms with Crippen molar-refractivity contribution >= 4 is 0 Å². The molecule has 0 heterocycles. The maximum atomic E-state index is 10.2. The van der Waals surface area contributed by atoms with E-state index in [1.807, 2.05) is 13.8 Å². The van der Waals surface area contributed by atoms with Crippen molar-refractivity contribution < 1.29 is 14.8 Å². The highest BCUT2D eigenvalue weighted by Gasteiger charge is 2.21. The van der Waals surface area contributed by atoms with Crippen LogP contribution in [0.25, 0.3) is 0 Å². The van der Waals surface area contributed by atoms with Crippen LogP contribution in [0.3, 0.4) is 0 Å². The van der Waals surface area contributed by atoms with Crippen LogP contribution in [-0.4, -0.2) is 22.7 Å². The highest BCUT2D eigenvalue weighted by molar-refractivity contribution is 4.59. The zero-order valence-electron chi connectivity index (χ0n) is 8.21. The summed E-state index contributed by atoms with van der Waals surface area (Å²) >= 11 is 0. The Balaban J connectivity index is 4.09. The second-order valence-corrected chi connectivity index (χ2v) is 3.22. The second kappa shape index (κ2) is 6.11. The van der Waals surface area contributed by atoms with Crippen LogP contribution in [-0.2, 0) is 4.84 Å². The largest absolute Gasteiger partial charge is 0.304 e. The molecule has 0 rings (SSSR count). The van der Waals surface area contributed by atoms with Crippen molar-refractivity contribution in [2.75, 3.05) is 6.54 Å². The van der Waals surface area contributed by atoms with E-state index < -0.39 is 22.7 Å². The number of hydrogen-bond acceptors (Lipinski definition) is 5. The smallest absolute Gasteiger partial charge is 0.295 e. The highest BCUT2D eigenvalue weighted by atomic mass is 17.0. The molecule has 0 aromatic heterocycles. The van der Waals surface area contributed by atoms with E-state index in [2.05, 4.69) is 4.84 Å². The average molecular weight is 206 g/mol. The lowest BCUT2D eigenvalue weighted by Gasteiger charge is -2.14. The van der Waals surface area contributed by atoms with Crippen LogP contribution < -0.4 is 0 Å². The standard InChI is InChI=1S/C7H14N2O5/c1-3-6(2)4-7(5-8(10)11)14-9(12)13/h6-7H,3-5H2,1-2H3. The Morgan fingerprint density at radius 1 is 1.36 bits per heavy atom. The third kappa shape index (κ3) is 6.15. The van der Waals surface area contributed by atoms with E-state index in [9.17, 15) is 20.2 Å². The van der Waals surface area contributed by atoms with E-state index in [1.165, 1.54) is 0 Å². The van der Waals surface area contributed by atoms with Gasteiger partial charge in [0.15, 0.2) is 6.10 Å². The van der Waals surface area contributed by atoms with Crippen LogP contribution >= 0.6 is 0 Å². The second-order valence-electron chi connectivity index (χ2n) is 3.22. The summed E-state index contributed by atoms with van der Waals surface area (Å²) in [6.45, 7) is 3.27. The van der Waals surface area contributed by atoms with Crippen molar-refractivity contribution in [2.45, 2.75) is 32.8 Å². The van der Waals surface area contributed by atoms with E-state index in [4.69, 9.17) is 0 Å². The molecule has 0 amide bonds. The molecular weight excluding hydrogens is 192 g/mol. The first kappa shape index (κ1) is 12.6. The third-order valence-corrected chi connectivity index (χ3v) is 1.95. The van der Waals surface area contributed by atoms with Crippen LogP contribution in [0, 0.1) is 26.1 Å². The van der Waals surface area contributed by atoms with Crippen molar-refractivity contribution in [2.24, 2.45) is 5.92 Å². The maximum Gasteiger partial charge on any atom is 0.295 e. The predicted octanol–water partition coefficient (Wildman–Crippen LogP) is 1.28. The van der Waals surface area contributed by atoms with Gasteiger partial charge in [0, 0.05) is 4.92 Å². The van der Waals surface area contributed by atoms with Gasteiger partial charge in [-0.25, -0.2) is 0 Å². The Morgan fingerprint density at radius 3 is 2.29 bits per heavy atom. The summed E-state index contributed by atoms with van der Waals surface area (Å²) in [5.74, 6) is 0.180. The fraction of sp³-hybridized carbons (Fsp3) is 1.00. The van der Waals surface area contributed by atoms with Gasteiger partial charge < -0.3 is 4.84 Å². The molecular formula is C7H14N2O5. The first-order valence-electron chi connectivity index (χ1n) is 4.38. The van der Waals surface area contributed by atoms with Crippen LogP contribution in [0.2, 0.25) is 0 Å². The molecule has 0 saturated carbocycles. The van der Waals surface area contributed by atoms with Crippen molar-refractivity contribution in [1.82, 2.24) is 0 Å². The summed E-state index contributed by atoms with van der Waals surface area (Å²) in [4.78, 5) is 23.8. The molecule has 7 heteroatoms. The van der Waals surface area contributed by atoms with Gasteiger partial charge in [-0.1, -0.05) is 20.3 Å². The van der Waals surface area contributed by atoms with Crippen molar-refractivity contribution in [1.29, 1.82) is 0 Å². The monoisotopic (exact) mass is 206 g/mol. The van der Waals surface area contributed by atoms with Gasteiger partial charge in [0.1, 0.15) is 0 Å².